The van der Waals surface area contributed by atoms with Crippen molar-refractivity contribution < 1.29 is 9.50 Å². The molecule has 1 unspecified atom stereocenters. The molecule has 0 radical (unpaired) electrons. The first-order valence-electron chi connectivity index (χ1n) is 5.55. The van der Waals surface area contributed by atoms with Crippen molar-refractivity contribution in [3.63, 3.8) is 0 Å². The Kier molecular flexibility index (Phi) is 5.01. The molecule has 0 aromatic heterocycles. The predicted molar refractivity (Wildman–Crippen MR) is 81.9 cm³/mol. The normalized spacial score (nSPS) is 12.5. The highest BCUT2D eigenvalue weighted by Crippen LogP contribution is 2.31. The summed E-state index contributed by atoms with van der Waals surface area (Å²) in [4.78, 5) is 0. The van der Waals surface area contributed by atoms with Crippen molar-refractivity contribution in [1.82, 2.24) is 0 Å². The van der Waals surface area contributed by atoms with Crippen LogP contribution in [0.25, 0.3) is 0 Å². The van der Waals surface area contributed by atoms with Crippen molar-refractivity contribution in [2.75, 3.05) is 0 Å². The molecular formula is C14H10Br2ClFO. The zero-order valence-electron chi connectivity index (χ0n) is 9.71. The summed E-state index contributed by atoms with van der Waals surface area (Å²) in [5.74, 6) is -0.583. The van der Waals surface area contributed by atoms with Crippen LogP contribution in [0.5, 0.6) is 0 Å². The fourth-order valence-electron chi connectivity index (χ4n) is 1.75. The standard InChI is InChI=1S/C14H10Br2ClFO/c15-9-3-1-8(2-4-9)7-12(19)10-5-6-11(16)13(17)14(10)18/h1-6,12,19H,7H2. The van der Waals surface area contributed by atoms with Crippen LogP contribution in [0.2, 0.25) is 5.02 Å². The molecule has 0 heterocycles. The maximum atomic E-state index is 14.0. The number of hydrogen-bond donors (Lipinski definition) is 1. The van der Waals surface area contributed by atoms with Crippen molar-refractivity contribution in [2.24, 2.45) is 0 Å². The maximum Gasteiger partial charge on any atom is 0.148 e. The van der Waals surface area contributed by atoms with Crippen LogP contribution in [0.1, 0.15) is 17.2 Å². The van der Waals surface area contributed by atoms with Crippen molar-refractivity contribution in [3.8, 4) is 0 Å². The second-order valence-corrected chi connectivity index (χ2v) is 6.26. The topological polar surface area (TPSA) is 20.2 Å². The Labute approximate surface area is 132 Å². The molecule has 2 aromatic rings. The zero-order valence-corrected chi connectivity index (χ0v) is 13.6. The van der Waals surface area contributed by atoms with Gasteiger partial charge in [-0.15, -0.1) is 0 Å². The molecule has 100 valence electrons. The van der Waals surface area contributed by atoms with Gasteiger partial charge >= 0.3 is 0 Å². The quantitative estimate of drug-likeness (QED) is 0.685. The molecule has 0 fully saturated rings. The van der Waals surface area contributed by atoms with Gasteiger partial charge in [-0.3, -0.25) is 0 Å². The summed E-state index contributed by atoms with van der Waals surface area (Å²) in [6.45, 7) is 0. The smallest absolute Gasteiger partial charge is 0.148 e. The summed E-state index contributed by atoms with van der Waals surface area (Å²) in [5, 5.41) is 10.1. The lowest BCUT2D eigenvalue weighted by molar-refractivity contribution is 0.173. The van der Waals surface area contributed by atoms with Crippen molar-refractivity contribution in [3.05, 3.63) is 67.3 Å². The van der Waals surface area contributed by atoms with Crippen LogP contribution in [-0.2, 0) is 6.42 Å². The summed E-state index contributed by atoms with van der Waals surface area (Å²) >= 11 is 12.3. The molecule has 2 aromatic carbocycles. The highest BCUT2D eigenvalue weighted by atomic mass is 79.9. The Balaban J connectivity index is 2.23. The van der Waals surface area contributed by atoms with E-state index in [0.717, 1.165) is 10.0 Å². The zero-order chi connectivity index (χ0) is 14.0. The van der Waals surface area contributed by atoms with E-state index in [4.69, 9.17) is 11.6 Å². The van der Waals surface area contributed by atoms with E-state index in [1.807, 2.05) is 24.3 Å². The van der Waals surface area contributed by atoms with Gasteiger partial charge in [-0.25, -0.2) is 4.39 Å². The van der Waals surface area contributed by atoms with E-state index in [2.05, 4.69) is 31.9 Å². The number of hydrogen-bond acceptors (Lipinski definition) is 1. The molecule has 1 N–H and O–H groups in total. The average Bonchev–Trinajstić information content (AvgIpc) is 2.39. The van der Waals surface area contributed by atoms with Gasteiger partial charge in [-0.2, -0.15) is 0 Å². The van der Waals surface area contributed by atoms with Crippen LogP contribution < -0.4 is 0 Å². The fraction of sp³-hybridized carbons (Fsp3) is 0.143. The molecule has 0 spiro atoms. The minimum Gasteiger partial charge on any atom is -0.388 e. The molecule has 5 heteroatoms. The van der Waals surface area contributed by atoms with Crippen LogP contribution in [0.15, 0.2) is 45.3 Å². The Morgan fingerprint density at radius 2 is 1.74 bits per heavy atom. The van der Waals surface area contributed by atoms with Crippen LogP contribution in [-0.4, -0.2) is 5.11 Å². The van der Waals surface area contributed by atoms with Crippen molar-refractivity contribution in [2.45, 2.75) is 12.5 Å². The van der Waals surface area contributed by atoms with Gasteiger partial charge in [0.25, 0.3) is 0 Å². The molecule has 19 heavy (non-hydrogen) atoms. The largest absolute Gasteiger partial charge is 0.388 e. The van der Waals surface area contributed by atoms with E-state index in [-0.39, 0.29) is 10.6 Å². The van der Waals surface area contributed by atoms with E-state index in [0.29, 0.717) is 10.9 Å². The summed E-state index contributed by atoms with van der Waals surface area (Å²) in [6, 6.07) is 10.7. The minimum absolute atomic E-state index is 0.00708. The summed E-state index contributed by atoms with van der Waals surface area (Å²) in [5.41, 5.74) is 1.13. The molecule has 1 atom stereocenters. The predicted octanol–water partition coefficient (Wildman–Crippen LogP) is 5.28. The Bertz CT molecular complexity index is 587. The first-order valence-corrected chi connectivity index (χ1v) is 7.51. The van der Waals surface area contributed by atoms with Gasteiger partial charge in [-0.05, 0) is 39.7 Å². The Morgan fingerprint density at radius 3 is 2.37 bits per heavy atom. The molecule has 0 aliphatic heterocycles. The Morgan fingerprint density at radius 1 is 1.11 bits per heavy atom. The second-order valence-electron chi connectivity index (χ2n) is 4.11. The summed E-state index contributed by atoms with van der Waals surface area (Å²) in [7, 11) is 0. The van der Waals surface area contributed by atoms with Crippen LogP contribution in [0, 0.1) is 5.82 Å². The van der Waals surface area contributed by atoms with Crippen LogP contribution in [0.4, 0.5) is 4.39 Å². The van der Waals surface area contributed by atoms with Crippen molar-refractivity contribution >= 4 is 43.5 Å². The highest BCUT2D eigenvalue weighted by molar-refractivity contribution is 9.10. The van der Waals surface area contributed by atoms with Crippen LogP contribution in [0.3, 0.4) is 0 Å². The van der Waals surface area contributed by atoms with Gasteiger partial charge < -0.3 is 5.11 Å². The number of aliphatic hydroxyl groups is 1. The molecule has 2 rings (SSSR count). The number of halogens is 4. The lowest BCUT2D eigenvalue weighted by Crippen LogP contribution is -2.05. The minimum atomic E-state index is -0.924. The SMILES string of the molecule is OC(Cc1ccc(Br)cc1)c1ccc(Br)c(Cl)c1F. The van der Waals surface area contributed by atoms with Gasteiger partial charge in [0, 0.05) is 20.9 Å². The van der Waals surface area contributed by atoms with E-state index in [1.54, 1.807) is 6.07 Å². The van der Waals surface area contributed by atoms with Crippen molar-refractivity contribution in [1.29, 1.82) is 0 Å². The Hall–Kier alpha value is -0.420. The van der Waals surface area contributed by atoms with Gasteiger partial charge in [-0.1, -0.05) is 45.7 Å². The molecule has 0 amide bonds. The van der Waals surface area contributed by atoms with Gasteiger partial charge in [0.2, 0.25) is 0 Å². The summed E-state index contributed by atoms with van der Waals surface area (Å²) in [6.07, 6.45) is -0.589. The molecule has 0 saturated carbocycles. The molecule has 1 nitrogen and oxygen atoms in total. The third-order valence-corrected chi connectivity index (χ3v) is 4.55. The highest BCUT2D eigenvalue weighted by Gasteiger charge is 2.17. The second kappa shape index (κ2) is 6.35. The third-order valence-electron chi connectivity index (χ3n) is 2.77. The maximum absolute atomic E-state index is 14.0. The van der Waals surface area contributed by atoms with Gasteiger partial charge in [0.1, 0.15) is 5.82 Å². The number of aliphatic hydroxyl groups excluding tert-OH is 1. The third kappa shape index (κ3) is 3.57. The van der Waals surface area contributed by atoms with E-state index in [1.165, 1.54) is 6.07 Å². The fourth-order valence-corrected chi connectivity index (χ4v) is 2.49. The number of rotatable bonds is 3. The molecule has 0 aliphatic rings. The number of benzene rings is 2. The van der Waals surface area contributed by atoms with Crippen LogP contribution >= 0.6 is 43.5 Å². The first-order chi connectivity index (χ1) is 8.99. The van der Waals surface area contributed by atoms with E-state index in [9.17, 15) is 9.50 Å². The monoisotopic (exact) mass is 406 g/mol. The van der Waals surface area contributed by atoms with Gasteiger partial charge in [0.15, 0.2) is 0 Å². The lowest BCUT2D eigenvalue weighted by Gasteiger charge is -2.13. The average molecular weight is 408 g/mol. The molecule has 0 saturated heterocycles. The molecular weight excluding hydrogens is 398 g/mol. The first kappa shape index (κ1) is 15.0. The molecule has 0 aliphatic carbocycles. The van der Waals surface area contributed by atoms with E-state index < -0.39 is 11.9 Å². The molecule has 0 bridgehead atoms. The van der Waals surface area contributed by atoms with Gasteiger partial charge in [0.05, 0.1) is 11.1 Å². The van der Waals surface area contributed by atoms with E-state index >= 15 is 0 Å². The lowest BCUT2D eigenvalue weighted by atomic mass is 10.0. The summed E-state index contributed by atoms with van der Waals surface area (Å²) < 4.78 is 15.4.